The summed E-state index contributed by atoms with van der Waals surface area (Å²) in [5.74, 6) is -2.19. The van der Waals surface area contributed by atoms with Crippen molar-refractivity contribution < 1.29 is 18.3 Å². The number of rotatable bonds is 4. The van der Waals surface area contributed by atoms with Crippen molar-refractivity contribution in [2.45, 2.75) is 38.2 Å². The molecule has 0 N–H and O–H groups in total. The van der Waals surface area contributed by atoms with Gasteiger partial charge in [-0.2, -0.15) is 0 Å². The number of carbonyl (C=O) groups is 1. The minimum atomic E-state index is -1.03. The van der Waals surface area contributed by atoms with E-state index < -0.39 is 28.6 Å². The lowest BCUT2D eigenvalue weighted by molar-refractivity contribution is -0.0169. The lowest BCUT2D eigenvalue weighted by Crippen LogP contribution is -2.40. The molecule has 1 fully saturated rings. The van der Waals surface area contributed by atoms with E-state index in [0.29, 0.717) is 19.4 Å². The van der Waals surface area contributed by atoms with Crippen molar-refractivity contribution in [3.8, 4) is 0 Å². The number of halogens is 2. The molecule has 18 heavy (non-hydrogen) atoms. The monoisotopic (exact) mass is 254 g/mol. The van der Waals surface area contributed by atoms with Crippen LogP contribution >= 0.6 is 0 Å². The van der Waals surface area contributed by atoms with Gasteiger partial charge >= 0.3 is 0 Å². The molecule has 1 aromatic rings. The number of carbonyl (C=O) groups excluding carboxylic acids is 1. The molecule has 98 valence electrons. The third-order valence-corrected chi connectivity index (χ3v) is 3.44. The molecule has 2 rings (SSSR count). The lowest BCUT2D eigenvalue weighted by atomic mass is 9.90. The highest BCUT2D eigenvalue weighted by Crippen LogP contribution is 2.37. The first-order chi connectivity index (χ1) is 8.60. The van der Waals surface area contributed by atoms with Crippen LogP contribution in [0.2, 0.25) is 0 Å². The SMILES string of the molecule is CCOC1(C(=O)c2c(F)cccc2F)CCCC1. The maximum absolute atomic E-state index is 13.6. The molecule has 0 heterocycles. The number of hydrogen-bond acceptors (Lipinski definition) is 2. The third kappa shape index (κ3) is 2.17. The van der Waals surface area contributed by atoms with E-state index in [0.717, 1.165) is 25.0 Å². The molecule has 1 aliphatic carbocycles. The summed E-state index contributed by atoms with van der Waals surface area (Å²) in [6.45, 7) is 2.15. The van der Waals surface area contributed by atoms with E-state index >= 15 is 0 Å². The molecule has 4 heteroatoms. The Morgan fingerprint density at radius 3 is 2.33 bits per heavy atom. The van der Waals surface area contributed by atoms with Gasteiger partial charge in [-0.1, -0.05) is 6.07 Å². The fourth-order valence-corrected chi connectivity index (χ4v) is 2.60. The highest BCUT2D eigenvalue weighted by atomic mass is 19.1. The van der Waals surface area contributed by atoms with Gasteiger partial charge in [-0.15, -0.1) is 0 Å². The molecule has 0 aliphatic heterocycles. The smallest absolute Gasteiger partial charge is 0.200 e. The van der Waals surface area contributed by atoms with Crippen LogP contribution in [0.25, 0.3) is 0 Å². The Morgan fingerprint density at radius 1 is 1.28 bits per heavy atom. The van der Waals surface area contributed by atoms with E-state index in [4.69, 9.17) is 4.74 Å². The van der Waals surface area contributed by atoms with Gasteiger partial charge in [-0.05, 0) is 44.7 Å². The molecule has 1 aromatic carbocycles. The summed E-state index contributed by atoms with van der Waals surface area (Å²) in [7, 11) is 0. The number of benzene rings is 1. The van der Waals surface area contributed by atoms with Gasteiger partial charge in [0.25, 0.3) is 0 Å². The average Bonchev–Trinajstić information content (AvgIpc) is 2.79. The Balaban J connectivity index is 2.40. The van der Waals surface area contributed by atoms with Crippen LogP contribution in [0.4, 0.5) is 8.78 Å². The summed E-state index contributed by atoms with van der Waals surface area (Å²) in [4.78, 5) is 12.4. The number of hydrogen-bond donors (Lipinski definition) is 0. The van der Waals surface area contributed by atoms with E-state index in [9.17, 15) is 13.6 Å². The largest absolute Gasteiger partial charge is 0.367 e. The zero-order valence-electron chi connectivity index (χ0n) is 10.3. The van der Waals surface area contributed by atoms with Gasteiger partial charge in [0, 0.05) is 6.61 Å². The molecule has 1 saturated carbocycles. The van der Waals surface area contributed by atoms with Crippen molar-refractivity contribution in [2.24, 2.45) is 0 Å². The van der Waals surface area contributed by atoms with Crippen LogP contribution in [0, 0.1) is 11.6 Å². The molecule has 0 bridgehead atoms. The first-order valence-corrected chi connectivity index (χ1v) is 6.23. The first kappa shape index (κ1) is 13.1. The predicted octanol–water partition coefficient (Wildman–Crippen LogP) is 3.50. The highest BCUT2D eigenvalue weighted by Gasteiger charge is 2.44. The van der Waals surface area contributed by atoms with E-state index in [2.05, 4.69) is 0 Å². The minimum Gasteiger partial charge on any atom is -0.367 e. The fraction of sp³-hybridized carbons (Fsp3) is 0.500. The Labute approximate surface area is 105 Å². The van der Waals surface area contributed by atoms with Gasteiger partial charge in [0.2, 0.25) is 5.78 Å². The van der Waals surface area contributed by atoms with Crippen LogP contribution in [-0.2, 0) is 4.74 Å². The Bertz CT molecular complexity index is 431. The maximum atomic E-state index is 13.6. The van der Waals surface area contributed by atoms with Gasteiger partial charge in [-0.3, -0.25) is 4.79 Å². The first-order valence-electron chi connectivity index (χ1n) is 6.23. The lowest BCUT2D eigenvalue weighted by Gasteiger charge is -2.27. The molecule has 0 saturated heterocycles. The second-order valence-electron chi connectivity index (χ2n) is 4.56. The summed E-state index contributed by atoms with van der Waals surface area (Å²) in [6, 6.07) is 3.46. The van der Waals surface area contributed by atoms with Crippen molar-refractivity contribution in [1.82, 2.24) is 0 Å². The van der Waals surface area contributed by atoms with Gasteiger partial charge in [0.05, 0.1) is 5.56 Å². The van der Waals surface area contributed by atoms with Crippen LogP contribution in [0.3, 0.4) is 0 Å². The van der Waals surface area contributed by atoms with E-state index in [1.165, 1.54) is 6.07 Å². The van der Waals surface area contributed by atoms with Crippen LogP contribution in [0.5, 0.6) is 0 Å². The van der Waals surface area contributed by atoms with Gasteiger partial charge < -0.3 is 4.74 Å². The standard InChI is InChI=1S/C14H16F2O2/c1-2-18-14(8-3-4-9-14)13(17)12-10(15)6-5-7-11(12)16/h5-7H,2-4,8-9H2,1H3. The molecule has 0 radical (unpaired) electrons. The quantitative estimate of drug-likeness (QED) is 0.769. The molecular weight excluding hydrogens is 238 g/mol. The number of ketones is 1. The molecule has 0 atom stereocenters. The molecule has 0 amide bonds. The van der Waals surface area contributed by atoms with E-state index in [1.54, 1.807) is 6.92 Å². The summed E-state index contributed by atoms with van der Waals surface area (Å²) in [5.41, 5.74) is -1.49. The van der Waals surface area contributed by atoms with Gasteiger partial charge in [0.15, 0.2) is 0 Å². The van der Waals surface area contributed by atoms with Crippen LogP contribution < -0.4 is 0 Å². The van der Waals surface area contributed by atoms with Crippen LogP contribution in [-0.4, -0.2) is 18.0 Å². The molecule has 0 spiro atoms. The molecular formula is C14H16F2O2. The van der Waals surface area contributed by atoms with Crippen molar-refractivity contribution in [1.29, 1.82) is 0 Å². The van der Waals surface area contributed by atoms with Gasteiger partial charge in [-0.25, -0.2) is 8.78 Å². The summed E-state index contributed by atoms with van der Waals surface area (Å²) < 4.78 is 32.8. The zero-order chi connectivity index (χ0) is 13.2. The van der Waals surface area contributed by atoms with Crippen molar-refractivity contribution in [3.63, 3.8) is 0 Å². The number of ether oxygens (including phenoxy) is 1. The Kier molecular flexibility index (Phi) is 3.76. The second-order valence-corrected chi connectivity index (χ2v) is 4.56. The molecule has 0 unspecified atom stereocenters. The third-order valence-electron chi connectivity index (χ3n) is 3.44. The Morgan fingerprint density at radius 2 is 1.83 bits per heavy atom. The average molecular weight is 254 g/mol. The maximum Gasteiger partial charge on any atom is 0.200 e. The second kappa shape index (κ2) is 5.14. The summed E-state index contributed by atoms with van der Waals surface area (Å²) in [6.07, 6.45) is 2.77. The topological polar surface area (TPSA) is 26.3 Å². The predicted molar refractivity (Wildman–Crippen MR) is 63.5 cm³/mol. The molecule has 0 aromatic heterocycles. The highest BCUT2D eigenvalue weighted by molar-refractivity contribution is 6.03. The van der Waals surface area contributed by atoms with E-state index in [-0.39, 0.29) is 0 Å². The van der Waals surface area contributed by atoms with E-state index in [1.807, 2.05) is 0 Å². The van der Waals surface area contributed by atoms with Crippen molar-refractivity contribution in [3.05, 3.63) is 35.4 Å². The Hall–Kier alpha value is -1.29. The fourth-order valence-electron chi connectivity index (χ4n) is 2.60. The minimum absolute atomic E-state index is 0.363. The summed E-state index contributed by atoms with van der Waals surface area (Å²) >= 11 is 0. The van der Waals surface area contributed by atoms with Crippen molar-refractivity contribution >= 4 is 5.78 Å². The van der Waals surface area contributed by atoms with Crippen molar-refractivity contribution in [2.75, 3.05) is 6.61 Å². The number of Topliss-reactive ketones (excluding diaryl/α,β-unsaturated/α-hetero) is 1. The molecule has 2 nitrogen and oxygen atoms in total. The van der Waals surface area contributed by atoms with Gasteiger partial charge in [0.1, 0.15) is 17.2 Å². The molecule has 1 aliphatic rings. The normalized spacial score (nSPS) is 17.9. The van der Waals surface area contributed by atoms with Crippen LogP contribution in [0.15, 0.2) is 18.2 Å². The van der Waals surface area contributed by atoms with Crippen LogP contribution in [0.1, 0.15) is 43.0 Å². The zero-order valence-corrected chi connectivity index (χ0v) is 10.3. The summed E-state index contributed by atoms with van der Waals surface area (Å²) in [5, 5.41) is 0.